The van der Waals surface area contributed by atoms with Crippen LogP contribution in [0.15, 0.2) is 48.5 Å². The van der Waals surface area contributed by atoms with E-state index in [9.17, 15) is 18.3 Å². The highest BCUT2D eigenvalue weighted by Crippen LogP contribution is 2.32. The summed E-state index contributed by atoms with van der Waals surface area (Å²) in [5.41, 5.74) is 0.923. The van der Waals surface area contributed by atoms with E-state index < -0.39 is 17.8 Å². The molecule has 0 unspecified atom stereocenters. The van der Waals surface area contributed by atoms with Gasteiger partial charge in [-0.1, -0.05) is 24.3 Å². The smallest absolute Gasteiger partial charge is 0.416 e. The highest BCUT2D eigenvalue weighted by molar-refractivity contribution is 5.55. The fourth-order valence-corrected chi connectivity index (χ4v) is 3.70. The molecule has 0 saturated carbocycles. The van der Waals surface area contributed by atoms with E-state index in [0.29, 0.717) is 49.9 Å². The lowest BCUT2D eigenvalue weighted by Crippen LogP contribution is -2.49. The standard InChI is InChI=1S/C24H29F3N2O3/c1-3-5-18-8-9-22(23(14-18)31-2)32-17-21(30)16-28-10-12-29(13-11-28)20-7-4-6-19(15-20)24(25,26)27/h3-9,14-15,21,30H,10-13,16-17H2,1-2H3/b5-3+/t21-/m0/s1. The maximum Gasteiger partial charge on any atom is 0.416 e. The van der Waals surface area contributed by atoms with Crippen molar-refractivity contribution in [3.05, 3.63) is 59.7 Å². The predicted molar refractivity (Wildman–Crippen MR) is 119 cm³/mol. The van der Waals surface area contributed by atoms with Crippen LogP contribution in [-0.2, 0) is 6.18 Å². The van der Waals surface area contributed by atoms with E-state index in [2.05, 4.69) is 4.90 Å². The van der Waals surface area contributed by atoms with Crippen LogP contribution >= 0.6 is 0 Å². The van der Waals surface area contributed by atoms with E-state index in [0.717, 1.165) is 11.6 Å². The van der Waals surface area contributed by atoms with Gasteiger partial charge in [-0.2, -0.15) is 13.2 Å². The number of anilines is 1. The van der Waals surface area contributed by atoms with E-state index in [-0.39, 0.29) is 6.61 Å². The minimum absolute atomic E-state index is 0.118. The third-order valence-corrected chi connectivity index (χ3v) is 5.36. The third kappa shape index (κ3) is 6.40. The SMILES string of the molecule is C/C=C/c1ccc(OC[C@@H](O)CN2CCN(c3cccc(C(F)(F)F)c3)CC2)c(OC)c1. The van der Waals surface area contributed by atoms with Crippen LogP contribution in [0.3, 0.4) is 0 Å². The molecule has 1 saturated heterocycles. The van der Waals surface area contributed by atoms with Crippen molar-refractivity contribution in [3.8, 4) is 11.5 Å². The number of piperazine rings is 1. The van der Waals surface area contributed by atoms with Crippen LogP contribution in [0.25, 0.3) is 6.08 Å². The molecule has 0 amide bonds. The van der Waals surface area contributed by atoms with Gasteiger partial charge in [0.1, 0.15) is 12.7 Å². The molecular weight excluding hydrogens is 421 g/mol. The lowest BCUT2D eigenvalue weighted by Gasteiger charge is -2.37. The average Bonchev–Trinajstić information content (AvgIpc) is 2.78. The first-order valence-electron chi connectivity index (χ1n) is 10.6. The van der Waals surface area contributed by atoms with Crippen LogP contribution < -0.4 is 14.4 Å². The van der Waals surface area contributed by atoms with Crippen molar-refractivity contribution < 1.29 is 27.8 Å². The summed E-state index contributed by atoms with van der Waals surface area (Å²) in [4.78, 5) is 4.02. The van der Waals surface area contributed by atoms with Crippen LogP contribution in [0.4, 0.5) is 18.9 Å². The number of rotatable bonds is 8. The molecule has 1 aliphatic rings. The van der Waals surface area contributed by atoms with Gasteiger partial charge in [-0.25, -0.2) is 0 Å². The van der Waals surface area contributed by atoms with E-state index in [1.807, 2.05) is 42.2 Å². The van der Waals surface area contributed by atoms with Crippen LogP contribution in [0.1, 0.15) is 18.1 Å². The molecule has 1 N–H and O–H groups in total. The second-order valence-electron chi connectivity index (χ2n) is 7.71. The van der Waals surface area contributed by atoms with Crippen LogP contribution in [-0.4, -0.2) is 62.6 Å². The van der Waals surface area contributed by atoms with Crippen molar-refractivity contribution in [2.75, 3.05) is 51.3 Å². The molecule has 5 nitrogen and oxygen atoms in total. The van der Waals surface area contributed by atoms with E-state index >= 15 is 0 Å². The minimum Gasteiger partial charge on any atom is -0.493 e. The molecule has 0 aromatic heterocycles. The molecule has 2 aromatic carbocycles. The Labute approximate surface area is 186 Å². The summed E-state index contributed by atoms with van der Waals surface area (Å²) in [7, 11) is 1.57. The van der Waals surface area contributed by atoms with Gasteiger partial charge in [0.05, 0.1) is 12.7 Å². The topological polar surface area (TPSA) is 45.2 Å². The number of aliphatic hydroxyl groups excluding tert-OH is 1. The lowest BCUT2D eigenvalue weighted by molar-refractivity contribution is -0.137. The Balaban J connectivity index is 1.48. The minimum atomic E-state index is -4.35. The second kappa shape index (κ2) is 10.7. The third-order valence-electron chi connectivity index (χ3n) is 5.36. The van der Waals surface area contributed by atoms with Crippen LogP contribution in [0.5, 0.6) is 11.5 Å². The Morgan fingerprint density at radius 1 is 1.06 bits per heavy atom. The van der Waals surface area contributed by atoms with Gasteiger partial charge >= 0.3 is 6.18 Å². The predicted octanol–water partition coefficient (Wildman–Crippen LogP) is 4.31. The quantitative estimate of drug-likeness (QED) is 0.650. The molecule has 3 rings (SSSR count). The molecule has 0 bridgehead atoms. The fraction of sp³-hybridized carbons (Fsp3) is 0.417. The first-order valence-corrected chi connectivity index (χ1v) is 10.6. The molecule has 1 fully saturated rings. The Morgan fingerprint density at radius 3 is 2.47 bits per heavy atom. The van der Waals surface area contributed by atoms with Crippen molar-refractivity contribution in [2.24, 2.45) is 0 Å². The summed E-state index contributed by atoms with van der Waals surface area (Å²) >= 11 is 0. The molecule has 0 spiro atoms. The first-order chi connectivity index (χ1) is 15.3. The van der Waals surface area contributed by atoms with E-state index in [1.54, 1.807) is 13.2 Å². The molecule has 32 heavy (non-hydrogen) atoms. The number of allylic oxidation sites excluding steroid dienone is 1. The Morgan fingerprint density at radius 2 is 1.81 bits per heavy atom. The molecule has 0 radical (unpaired) electrons. The number of aliphatic hydroxyl groups is 1. The zero-order chi connectivity index (χ0) is 23.1. The molecule has 1 atom stereocenters. The van der Waals surface area contributed by atoms with Crippen LogP contribution in [0, 0.1) is 0 Å². The molecular formula is C24H29F3N2O3. The monoisotopic (exact) mass is 450 g/mol. The van der Waals surface area contributed by atoms with Gasteiger partial charge in [0.25, 0.3) is 0 Å². The summed E-state index contributed by atoms with van der Waals surface area (Å²) in [6, 6.07) is 11.0. The van der Waals surface area contributed by atoms with Gasteiger partial charge < -0.3 is 19.5 Å². The lowest BCUT2D eigenvalue weighted by atomic mass is 10.1. The van der Waals surface area contributed by atoms with E-state index in [4.69, 9.17) is 9.47 Å². The number of halogens is 3. The van der Waals surface area contributed by atoms with Gasteiger partial charge in [-0.05, 0) is 42.8 Å². The maximum absolute atomic E-state index is 13.0. The highest BCUT2D eigenvalue weighted by Gasteiger charge is 2.31. The summed E-state index contributed by atoms with van der Waals surface area (Å²) in [6.07, 6.45) is -1.15. The van der Waals surface area contributed by atoms with Gasteiger partial charge in [0, 0.05) is 38.4 Å². The second-order valence-corrected chi connectivity index (χ2v) is 7.71. The average molecular weight is 451 g/mol. The summed E-state index contributed by atoms with van der Waals surface area (Å²) in [5.74, 6) is 1.16. The molecule has 2 aromatic rings. The molecule has 8 heteroatoms. The molecule has 174 valence electrons. The Hall–Kier alpha value is -2.71. The van der Waals surface area contributed by atoms with Crippen LogP contribution in [0.2, 0.25) is 0 Å². The van der Waals surface area contributed by atoms with Gasteiger partial charge in [-0.15, -0.1) is 0 Å². The number of β-amino-alcohol motifs (C(OH)–C–C–N with tert-alkyl or cyclic N) is 1. The number of benzene rings is 2. The van der Waals surface area contributed by atoms with Gasteiger partial charge in [-0.3, -0.25) is 4.90 Å². The summed E-state index contributed by atoms with van der Waals surface area (Å²) in [5, 5.41) is 10.4. The Kier molecular flexibility index (Phi) is 8.04. The normalized spacial score (nSPS) is 16.4. The first kappa shape index (κ1) is 23.9. The number of alkyl halides is 3. The number of hydrogen-bond donors (Lipinski definition) is 1. The largest absolute Gasteiger partial charge is 0.493 e. The van der Waals surface area contributed by atoms with Crippen molar-refractivity contribution in [1.29, 1.82) is 0 Å². The maximum atomic E-state index is 13.0. The van der Waals surface area contributed by atoms with Gasteiger partial charge in [0.15, 0.2) is 11.5 Å². The van der Waals surface area contributed by atoms with Crippen molar-refractivity contribution >= 4 is 11.8 Å². The van der Waals surface area contributed by atoms with Crippen molar-refractivity contribution in [1.82, 2.24) is 4.90 Å². The fourth-order valence-electron chi connectivity index (χ4n) is 3.70. The molecule has 0 aliphatic carbocycles. The number of ether oxygens (including phenoxy) is 2. The molecule has 1 aliphatic heterocycles. The zero-order valence-corrected chi connectivity index (χ0v) is 18.3. The number of nitrogens with zero attached hydrogens (tertiary/aromatic N) is 2. The Bertz CT molecular complexity index is 910. The molecule has 1 heterocycles. The van der Waals surface area contributed by atoms with Crippen molar-refractivity contribution in [3.63, 3.8) is 0 Å². The van der Waals surface area contributed by atoms with Crippen molar-refractivity contribution in [2.45, 2.75) is 19.2 Å². The summed E-state index contributed by atoms with van der Waals surface area (Å²) in [6.45, 7) is 4.96. The zero-order valence-electron chi connectivity index (χ0n) is 18.3. The summed E-state index contributed by atoms with van der Waals surface area (Å²) < 4.78 is 50.0. The van der Waals surface area contributed by atoms with E-state index in [1.165, 1.54) is 12.1 Å². The number of methoxy groups -OCH3 is 1. The van der Waals surface area contributed by atoms with Gasteiger partial charge in [0.2, 0.25) is 0 Å². The highest BCUT2D eigenvalue weighted by atomic mass is 19.4. The number of hydrogen-bond acceptors (Lipinski definition) is 5.